The fourth-order valence-corrected chi connectivity index (χ4v) is 1.00. The van der Waals surface area contributed by atoms with Crippen LogP contribution in [0.5, 0.6) is 0 Å². The molecular formula is C5H5Re. The molecular weight excluding hydrogens is 246 g/mol. The van der Waals surface area contributed by atoms with Crippen LogP contribution in [0.4, 0.5) is 0 Å². The van der Waals surface area contributed by atoms with Crippen LogP contribution in [0.3, 0.4) is 0 Å². The van der Waals surface area contributed by atoms with Gasteiger partial charge in [0, 0.05) is 0 Å². The zero-order valence-corrected chi connectivity index (χ0v) is 6.03. The second-order valence-corrected chi connectivity index (χ2v) is 2.99. The summed E-state index contributed by atoms with van der Waals surface area (Å²) in [6, 6.07) is 0. The molecule has 1 aliphatic carbocycles. The van der Waals surface area contributed by atoms with Crippen LogP contribution in [0.15, 0.2) is 22.3 Å². The standard InChI is InChI=1S/C5H5.Re/c1-2-4-5-3-1;/h1-3H,4H2;. The summed E-state index contributed by atoms with van der Waals surface area (Å²) >= 11 is 1.78. The van der Waals surface area contributed by atoms with E-state index in [1.165, 1.54) is 10.5 Å². The maximum absolute atomic E-state index is 2.18. The summed E-state index contributed by atoms with van der Waals surface area (Å²) in [5.41, 5.74) is 0. The molecule has 1 rings (SSSR count). The van der Waals surface area contributed by atoms with E-state index in [2.05, 4.69) is 18.2 Å². The van der Waals surface area contributed by atoms with E-state index < -0.39 is 0 Å². The van der Waals surface area contributed by atoms with E-state index in [1.807, 2.05) is 0 Å². The number of hydrogen-bond acceptors (Lipinski definition) is 0. The molecule has 0 heterocycles. The fraction of sp³-hybridized carbons (Fsp3) is 0.200. The Labute approximate surface area is 48.3 Å². The fourth-order valence-electron chi connectivity index (χ4n) is 0.421. The van der Waals surface area contributed by atoms with Gasteiger partial charge in [0.2, 0.25) is 0 Å². The molecule has 0 N–H and O–H groups in total. The third-order valence-corrected chi connectivity index (χ3v) is 1.73. The maximum atomic E-state index is 2.18. The van der Waals surface area contributed by atoms with Gasteiger partial charge in [-0.2, -0.15) is 0 Å². The van der Waals surface area contributed by atoms with Crippen molar-refractivity contribution in [2.24, 2.45) is 0 Å². The first kappa shape index (κ1) is 4.31. The van der Waals surface area contributed by atoms with Crippen molar-refractivity contribution >= 4 is 0 Å². The van der Waals surface area contributed by atoms with E-state index in [0.29, 0.717) is 0 Å². The zero-order valence-electron chi connectivity index (χ0n) is 3.32. The Morgan fingerprint density at radius 3 is 2.67 bits per heavy atom. The van der Waals surface area contributed by atoms with E-state index in [4.69, 9.17) is 0 Å². The van der Waals surface area contributed by atoms with Gasteiger partial charge in [0.15, 0.2) is 0 Å². The van der Waals surface area contributed by atoms with Crippen molar-refractivity contribution in [3.63, 3.8) is 0 Å². The Bertz CT molecular complexity index is 101. The Morgan fingerprint density at radius 2 is 2.50 bits per heavy atom. The average molecular weight is 251 g/mol. The van der Waals surface area contributed by atoms with Crippen LogP contribution >= 0.6 is 0 Å². The summed E-state index contributed by atoms with van der Waals surface area (Å²) in [7, 11) is 0. The van der Waals surface area contributed by atoms with Crippen LogP contribution in [0.1, 0.15) is 6.42 Å². The number of hydrogen-bond donors (Lipinski definition) is 0. The van der Waals surface area contributed by atoms with E-state index >= 15 is 0 Å². The molecule has 0 spiro atoms. The molecule has 0 unspecified atom stereocenters. The van der Waals surface area contributed by atoms with Gasteiger partial charge in [-0.25, -0.2) is 0 Å². The van der Waals surface area contributed by atoms with Crippen molar-refractivity contribution in [2.45, 2.75) is 6.42 Å². The molecule has 0 nitrogen and oxygen atoms in total. The molecule has 0 bridgehead atoms. The van der Waals surface area contributed by atoms with Crippen molar-refractivity contribution < 1.29 is 19.2 Å². The van der Waals surface area contributed by atoms with Crippen LogP contribution in [0.25, 0.3) is 0 Å². The van der Waals surface area contributed by atoms with Crippen molar-refractivity contribution in [1.29, 1.82) is 0 Å². The van der Waals surface area contributed by atoms with Crippen molar-refractivity contribution in [2.75, 3.05) is 0 Å². The SMILES string of the molecule is [Re][C]1=CC=CC1. The second kappa shape index (κ2) is 1.73. The topological polar surface area (TPSA) is 0 Å². The molecule has 0 aromatic rings. The molecule has 0 aromatic carbocycles. The Morgan fingerprint density at radius 1 is 1.67 bits per heavy atom. The van der Waals surface area contributed by atoms with E-state index in [9.17, 15) is 0 Å². The van der Waals surface area contributed by atoms with Crippen LogP contribution in [-0.2, 0) is 19.2 Å². The summed E-state index contributed by atoms with van der Waals surface area (Å²) < 4.78 is 1.52. The van der Waals surface area contributed by atoms with Crippen molar-refractivity contribution in [3.8, 4) is 0 Å². The molecule has 0 amide bonds. The van der Waals surface area contributed by atoms with Crippen molar-refractivity contribution in [1.82, 2.24) is 0 Å². The Hall–Kier alpha value is 0.142. The monoisotopic (exact) mass is 252 g/mol. The molecule has 1 aliphatic rings. The predicted molar refractivity (Wildman–Crippen MR) is 21.8 cm³/mol. The molecule has 0 fully saturated rings. The molecule has 32 valence electrons. The van der Waals surface area contributed by atoms with Crippen LogP contribution in [-0.4, -0.2) is 0 Å². The van der Waals surface area contributed by atoms with Gasteiger partial charge in [-0.3, -0.25) is 0 Å². The summed E-state index contributed by atoms with van der Waals surface area (Å²) in [4.78, 5) is 0. The first-order valence-corrected chi connectivity index (χ1v) is 3.26. The van der Waals surface area contributed by atoms with Gasteiger partial charge in [-0.05, 0) is 0 Å². The number of allylic oxidation sites excluding steroid dienone is 4. The molecule has 0 saturated carbocycles. The first-order valence-electron chi connectivity index (χ1n) is 1.91. The predicted octanol–water partition coefficient (Wildman–Crippen LogP) is 1.38. The van der Waals surface area contributed by atoms with Crippen molar-refractivity contribution in [3.05, 3.63) is 22.3 Å². The van der Waals surface area contributed by atoms with Crippen LogP contribution < -0.4 is 0 Å². The molecule has 0 radical (unpaired) electrons. The van der Waals surface area contributed by atoms with Gasteiger partial charge in [0.05, 0.1) is 0 Å². The average Bonchev–Trinajstić information content (AvgIpc) is 1.86. The third kappa shape index (κ3) is 0.802. The molecule has 1 heteroatoms. The van der Waals surface area contributed by atoms with Gasteiger partial charge in [-0.1, -0.05) is 0 Å². The van der Waals surface area contributed by atoms with Gasteiger partial charge >= 0.3 is 47.9 Å². The Kier molecular flexibility index (Phi) is 1.24. The van der Waals surface area contributed by atoms with Gasteiger partial charge in [0.1, 0.15) is 0 Å². The van der Waals surface area contributed by atoms with Crippen LogP contribution in [0, 0.1) is 0 Å². The summed E-state index contributed by atoms with van der Waals surface area (Å²) in [6.07, 6.45) is 7.64. The van der Waals surface area contributed by atoms with E-state index in [-0.39, 0.29) is 0 Å². The van der Waals surface area contributed by atoms with Gasteiger partial charge < -0.3 is 0 Å². The van der Waals surface area contributed by atoms with Crippen LogP contribution in [0.2, 0.25) is 0 Å². The minimum absolute atomic E-state index is 1.19. The minimum atomic E-state index is 1.19. The first-order chi connectivity index (χ1) is 2.89. The Balaban J connectivity index is 2.61. The van der Waals surface area contributed by atoms with E-state index in [0.717, 1.165) is 0 Å². The molecule has 6 heavy (non-hydrogen) atoms. The van der Waals surface area contributed by atoms with Gasteiger partial charge in [-0.15, -0.1) is 0 Å². The zero-order chi connectivity index (χ0) is 4.41. The summed E-state index contributed by atoms with van der Waals surface area (Å²) in [5.74, 6) is 0. The molecule has 0 saturated heterocycles. The normalized spacial score (nSPS) is 18.5. The molecule has 0 aliphatic heterocycles. The molecule has 0 atom stereocenters. The molecule has 0 aromatic heterocycles. The third-order valence-electron chi connectivity index (χ3n) is 0.726. The summed E-state index contributed by atoms with van der Waals surface area (Å²) in [5, 5.41) is 0. The second-order valence-electron chi connectivity index (χ2n) is 1.25. The number of rotatable bonds is 0. The van der Waals surface area contributed by atoms with E-state index in [1.54, 1.807) is 19.2 Å². The van der Waals surface area contributed by atoms with Gasteiger partial charge in [0.25, 0.3) is 0 Å². The summed E-state index contributed by atoms with van der Waals surface area (Å²) in [6.45, 7) is 0. The quantitative estimate of drug-likeness (QED) is 0.610.